The van der Waals surface area contributed by atoms with Crippen LogP contribution in [0.25, 0.3) is 0 Å². The number of oxazole rings is 1. The van der Waals surface area contributed by atoms with Crippen molar-refractivity contribution in [2.24, 2.45) is 0 Å². The number of carbonyl (C=O) groups excluding carboxylic acids is 1. The van der Waals surface area contributed by atoms with E-state index in [2.05, 4.69) is 10.3 Å². The summed E-state index contributed by atoms with van der Waals surface area (Å²) in [4.78, 5) is 16.3. The minimum atomic E-state index is -0.456. The Hall–Kier alpha value is -2.17. The molecule has 1 heterocycles. The number of nitrogens with one attached hydrogen (secondary N) is 1. The van der Waals surface area contributed by atoms with Gasteiger partial charge in [0.25, 0.3) is 5.91 Å². The van der Waals surface area contributed by atoms with Crippen LogP contribution in [0.3, 0.4) is 0 Å². The van der Waals surface area contributed by atoms with Crippen molar-refractivity contribution in [3.05, 3.63) is 47.4 Å². The standard InChI is InChI=1S/C16H17FN2O2/c1-10-6-7-13(12(17)8-10)18-15(20)14-9-21-16(19-14)11-4-2-3-5-11/h6-9,11H,2-5H2,1H3,(H,18,20). The second-order valence-electron chi connectivity index (χ2n) is 5.49. The Morgan fingerprint density at radius 3 is 2.86 bits per heavy atom. The van der Waals surface area contributed by atoms with E-state index in [1.54, 1.807) is 19.1 Å². The van der Waals surface area contributed by atoms with Gasteiger partial charge in [-0.2, -0.15) is 0 Å². The first-order chi connectivity index (χ1) is 10.1. The van der Waals surface area contributed by atoms with Gasteiger partial charge >= 0.3 is 0 Å². The summed E-state index contributed by atoms with van der Waals surface area (Å²) in [6.07, 6.45) is 5.78. The van der Waals surface area contributed by atoms with E-state index in [4.69, 9.17) is 4.42 Å². The molecule has 0 unspecified atom stereocenters. The van der Waals surface area contributed by atoms with Crippen LogP contribution in [-0.4, -0.2) is 10.9 Å². The van der Waals surface area contributed by atoms with Crippen molar-refractivity contribution >= 4 is 11.6 Å². The number of carbonyl (C=O) groups is 1. The summed E-state index contributed by atoms with van der Waals surface area (Å²) in [5.74, 6) is 0.0123. The second-order valence-corrected chi connectivity index (χ2v) is 5.49. The molecular formula is C16H17FN2O2. The highest BCUT2D eigenvalue weighted by atomic mass is 19.1. The lowest BCUT2D eigenvalue weighted by Gasteiger charge is -2.05. The summed E-state index contributed by atoms with van der Waals surface area (Å²) in [6.45, 7) is 1.79. The molecule has 1 aromatic heterocycles. The minimum absolute atomic E-state index is 0.149. The topological polar surface area (TPSA) is 55.1 Å². The Bertz CT molecular complexity index is 660. The fourth-order valence-corrected chi connectivity index (χ4v) is 2.66. The molecule has 2 aromatic rings. The molecule has 1 aromatic carbocycles. The van der Waals surface area contributed by atoms with Gasteiger partial charge in [0.15, 0.2) is 11.6 Å². The van der Waals surface area contributed by atoms with Crippen molar-refractivity contribution in [3.63, 3.8) is 0 Å². The summed E-state index contributed by atoms with van der Waals surface area (Å²) >= 11 is 0. The van der Waals surface area contributed by atoms with Crippen LogP contribution in [-0.2, 0) is 0 Å². The predicted octanol–water partition coefficient (Wildman–Crippen LogP) is 4.03. The molecule has 1 N–H and O–H groups in total. The van der Waals surface area contributed by atoms with Crippen molar-refractivity contribution < 1.29 is 13.6 Å². The molecule has 1 aliphatic rings. The number of aromatic nitrogens is 1. The highest BCUT2D eigenvalue weighted by Gasteiger charge is 2.23. The maximum absolute atomic E-state index is 13.7. The zero-order valence-electron chi connectivity index (χ0n) is 11.9. The van der Waals surface area contributed by atoms with Gasteiger partial charge in [0.05, 0.1) is 5.69 Å². The van der Waals surface area contributed by atoms with Gasteiger partial charge in [0.2, 0.25) is 0 Å². The van der Waals surface area contributed by atoms with Crippen molar-refractivity contribution in [3.8, 4) is 0 Å². The van der Waals surface area contributed by atoms with Crippen molar-refractivity contribution in [2.45, 2.75) is 38.5 Å². The lowest BCUT2D eigenvalue weighted by atomic mass is 10.1. The fourth-order valence-electron chi connectivity index (χ4n) is 2.66. The zero-order chi connectivity index (χ0) is 14.8. The number of hydrogen-bond donors (Lipinski definition) is 1. The van der Waals surface area contributed by atoms with E-state index < -0.39 is 11.7 Å². The summed E-state index contributed by atoms with van der Waals surface area (Å²) in [7, 11) is 0. The Kier molecular flexibility index (Phi) is 3.73. The molecule has 4 nitrogen and oxygen atoms in total. The SMILES string of the molecule is Cc1ccc(NC(=O)c2coc(C3CCCC3)n2)c(F)c1. The fraction of sp³-hybridized carbons (Fsp3) is 0.375. The Labute approximate surface area is 122 Å². The number of amides is 1. The smallest absolute Gasteiger partial charge is 0.277 e. The lowest BCUT2D eigenvalue weighted by Crippen LogP contribution is -2.13. The van der Waals surface area contributed by atoms with E-state index >= 15 is 0 Å². The van der Waals surface area contributed by atoms with Gasteiger partial charge < -0.3 is 9.73 Å². The van der Waals surface area contributed by atoms with Crippen LogP contribution in [0.4, 0.5) is 10.1 Å². The van der Waals surface area contributed by atoms with Crippen molar-refractivity contribution in [1.82, 2.24) is 4.98 Å². The molecule has 0 saturated heterocycles. The second kappa shape index (κ2) is 5.68. The molecule has 0 spiro atoms. The average Bonchev–Trinajstić information content (AvgIpc) is 3.10. The van der Waals surface area contributed by atoms with E-state index in [1.807, 2.05) is 0 Å². The van der Waals surface area contributed by atoms with Gasteiger partial charge in [0.1, 0.15) is 12.1 Å². The summed E-state index contributed by atoms with van der Waals surface area (Å²) in [5, 5.41) is 2.52. The van der Waals surface area contributed by atoms with E-state index in [9.17, 15) is 9.18 Å². The molecule has 3 rings (SSSR count). The summed E-state index contributed by atoms with van der Waals surface area (Å²) < 4.78 is 19.1. The van der Waals surface area contributed by atoms with E-state index in [-0.39, 0.29) is 11.4 Å². The Morgan fingerprint density at radius 1 is 1.38 bits per heavy atom. The van der Waals surface area contributed by atoms with Crippen LogP contribution < -0.4 is 5.32 Å². The van der Waals surface area contributed by atoms with Crippen LogP contribution >= 0.6 is 0 Å². The number of halogens is 1. The zero-order valence-corrected chi connectivity index (χ0v) is 11.9. The molecule has 0 bridgehead atoms. The summed E-state index contributed by atoms with van der Waals surface area (Å²) in [5.41, 5.74) is 1.14. The number of aryl methyl sites for hydroxylation is 1. The quantitative estimate of drug-likeness (QED) is 0.927. The van der Waals surface area contributed by atoms with Gasteiger partial charge in [-0.15, -0.1) is 0 Å². The molecule has 1 amide bonds. The number of nitrogens with zero attached hydrogens (tertiary/aromatic N) is 1. The van der Waals surface area contributed by atoms with Crippen LogP contribution in [0, 0.1) is 12.7 Å². The number of hydrogen-bond acceptors (Lipinski definition) is 3. The number of rotatable bonds is 3. The van der Waals surface area contributed by atoms with Gasteiger partial charge in [0, 0.05) is 5.92 Å². The Morgan fingerprint density at radius 2 is 2.14 bits per heavy atom. The van der Waals surface area contributed by atoms with Crippen LogP contribution in [0.5, 0.6) is 0 Å². The summed E-state index contributed by atoms with van der Waals surface area (Å²) in [6, 6.07) is 4.66. The monoisotopic (exact) mass is 288 g/mol. The van der Waals surface area contributed by atoms with Crippen molar-refractivity contribution in [2.75, 3.05) is 5.32 Å². The maximum Gasteiger partial charge on any atom is 0.277 e. The molecular weight excluding hydrogens is 271 g/mol. The Balaban J connectivity index is 1.73. The highest BCUT2D eigenvalue weighted by molar-refractivity contribution is 6.02. The van der Waals surface area contributed by atoms with Crippen LogP contribution in [0.2, 0.25) is 0 Å². The first-order valence-electron chi connectivity index (χ1n) is 7.16. The predicted molar refractivity (Wildman–Crippen MR) is 76.8 cm³/mol. The largest absolute Gasteiger partial charge is 0.448 e. The van der Waals surface area contributed by atoms with Gasteiger partial charge in [-0.25, -0.2) is 9.37 Å². The normalized spacial score (nSPS) is 15.3. The molecule has 110 valence electrons. The van der Waals surface area contributed by atoms with Gasteiger partial charge in [-0.05, 0) is 37.5 Å². The average molecular weight is 288 g/mol. The molecule has 0 atom stereocenters. The molecule has 1 aliphatic carbocycles. The molecule has 0 aliphatic heterocycles. The first kappa shape index (κ1) is 13.8. The lowest BCUT2D eigenvalue weighted by molar-refractivity contribution is 0.102. The van der Waals surface area contributed by atoms with Crippen LogP contribution in [0.1, 0.15) is 53.5 Å². The molecule has 1 fully saturated rings. The third kappa shape index (κ3) is 2.96. The molecule has 21 heavy (non-hydrogen) atoms. The third-order valence-corrected chi connectivity index (χ3v) is 3.83. The van der Waals surface area contributed by atoms with E-state index in [0.29, 0.717) is 11.8 Å². The van der Waals surface area contributed by atoms with Crippen LogP contribution in [0.15, 0.2) is 28.9 Å². The number of benzene rings is 1. The molecule has 5 heteroatoms. The first-order valence-corrected chi connectivity index (χ1v) is 7.16. The molecule has 1 saturated carbocycles. The highest BCUT2D eigenvalue weighted by Crippen LogP contribution is 2.33. The number of anilines is 1. The third-order valence-electron chi connectivity index (χ3n) is 3.83. The van der Waals surface area contributed by atoms with Gasteiger partial charge in [-0.3, -0.25) is 4.79 Å². The van der Waals surface area contributed by atoms with E-state index in [0.717, 1.165) is 18.4 Å². The van der Waals surface area contributed by atoms with Crippen molar-refractivity contribution in [1.29, 1.82) is 0 Å². The van der Waals surface area contributed by atoms with Gasteiger partial charge in [-0.1, -0.05) is 18.9 Å². The van der Waals surface area contributed by atoms with E-state index in [1.165, 1.54) is 25.2 Å². The minimum Gasteiger partial charge on any atom is -0.448 e. The maximum atomic E-state index is 13.7. The molecule has 0 radical (unpaired) electrons.